The summed E-state index contributed by atoms with van der Waals surface area (Å²) in [5, 5.41) is 26.5. The van der Waals surface area contributed by atoms with Crippen molar-refractivity contribution >= 4 is 5.82 Å². The number of rotatable bonds is 4. The third-order valence-corrected chi connectivity index (χ3v) is 2.06. The second-order valence-electron chi connectivity index (χ2n) is 3.27. The third-order valence-electron chi connectivity index (χ3n) is 2.06. The molecule has 1 heterocycles. The van der Waals surface area contributed by atoms with Crippen LogP contribution in [-0.2, 0) is 6.54 Å². The number of anilines is 1. The van der Waals surface area contributed by atoms with Crippen molar-refractivity contribution in [1.29, 1.82) is 0 Å². The highest BCUT2D eigenvalue weighted by atomic mass is 19.1. The fraction of sp³-hybridized carbons (Fsp3) is 0.500. The Kier molecular flexibility index (Phi) is 3.93. The molecule has 0 saturated carbocycles. The summed E-state index contributed by atoms with van der Waals surface area (Å²) < 4.78 is 13.8. The van der Waals surface area contributed by atoms with Gasteiger partial charge < -0.3 is 21.1 Å². The molecule has 0 radical (unpaired) electrons. The monoisotopic (exact) mass is 233 g/mol. The van der Waals surface area contributed by atoms with Crippen molar-refractivity contribution in [3.8, 4) is 0 Å². The summed E-state index contributed by atoms with van der Waals surface area (Å²) in [6.45, 7) is -0.826. The minimum atomic E-state index is -1.81. The van der Waals surface area contributed by atoms with Gasteiger partial charge in [-0.05, 0) is 0 Å². The van der Waals surface area contributed by atoms with Crippen LogP contribution in [-0.4, -0.2) is 37.8 Å². The van der Waals surface area contributed by atoms with Crippen molar-refractivity contribution in [2.75, 3.05) is 12.3 Å². The standard InChI is InChI=1S/C8H12FN3O4/c9-5-2-12(8(16)11-6(5)10)1-4(3-13)7(14)15/h2,4,7,13-15H,1,3H2,(H2,10,11,16). The maximum Gasteiger partial charge on any atom is 0.349 e. The highest BCUT2D eigenvalue weighted by Crippen LogP contribution is 2.06. The van der Waals surface area contributed by atoms with E-state index >= 15 is 0 Å². The molecule has 0 bridgehead atoms. The van der Waals surface area contributed by atoms with Crippen molar-refractivity contribution in [3.63, 3.8) is 0 Å². The highest BCUT2D eigenvalue weighted by Gasteiger charge is 2.17. The van der Waals surface area contributed by atoms with Crippen LogP contribution in [0.4, 0.5) is 10.2 Å². The molecule has 1 aromatic heterocycles. The summed E-state index contributed by atoms with van der Waals surface area (Å²) >= 11 is 0. The van der Waals surface area contributed by atoms with Crippen molar-refractivity contribution < 1.29 is 19.7 Å². The van der Waals surface area contributed by atoms with Crippen LogP contribution in [0.15, 0.2) is 11.0 Å². The maximum absolute atomic E-state index is 13.0. The molecule has 0 saturated heterocycles. The lowest BCUT2D eigenvalue weighted by atomic mass is 10.1. The molecule has 5 N–H and O–H groups in total. The Bertz CT molecular complexity index is 420. The molecule has 1 unspecified atom stereocenters. The van der Waals surface area contributed by atoms with Crippen LogP contribution in [0.3, 0.4) is 0 Å². The van der Waals surface area contributed by atoms with Crippen molar-refractivity contribution in [3.05, 3.63) is 22.5 Å². The second-order valence-corrected chi connectivity index (χ2v) is 3.27. The first-order valence-electron chi connectivity index (χ1n) is 4.45. The van der Waals surface area contributed by atoms with Crippen LogP contribution in [0, 0.1) is 11.7 Å². The smallest absolute Gasteiger partial charge is 0.349 e. The van der Waals surface area contributed by atoms with Gasteiger partial charge in [-0.1, -0.05) is 0 Å². The predicted octanol–water partition coefficient (Wildman–Crippen LogP) is -2.12. The van der Waals surface area contributed by atoms with Gasteiger partial charge in [-0.25, -0.2) is 9.18 Å². The first-order chi connectivity index (χ1) is 7.45. The van der Waals surface area contributed by atoms with E-state index in [-0.39, 0.29) is 6.54 Å². The average Bonchev–Trinajstić information content (AvgIpc) is 2.21. The minimum Gasteiger partial charge on any atom is -0.396 e. The molecule has 0 fully saturated rings. The summed E-state index contributed by atoms with van der Waals surface area (Å²) in [6.07, 6.45) is -1.01. The fourth-order valence-electron chi connectivity index (χ4n) is 1.11. The van der Waals surface area contributed by atoms with Gasteiger partial charge in [0.15, 0.2) is 17.9 Å². The van der Waals surface area contributed by atoms with Gasteiger partial charge in [0.1, 0.15) is 0 Å². The number of nitrogens with zero attached hydrogens (tertiary/aromatic N) is 2. The minimum absolute atomic E-state index is 0.267. The van der Waals surface area contributed by atoms with Crippen molar-refractivity contribution in [1.82, 2.24) is 9.55 Å². The Balaban J connectivity index is 2.97. The average molecular weight is 233 g/mol. The lowest BCUT2D eigenvalue weighted by Gasteiger charge is -2.17. The van der Waals surface area contributed by atoms with E-state index in [0.29, 0.717) is 0 Å². The number of aromatic nitrogens is 2. The number of nitrogen functional groups attached to an aromatic ring is 1. The number of hydrogen-bond donors (Lipinski definition) is 4. The summed E-state index contributed by atoms with van der Waals surface area (Å²) in [7, 11) is 0. The zero-order valence-electron chi connectivity index (χ0n) is 8.25. The molecular formula is C8H12FN3O4. The Morgan fingerprint density at radius 1 is 1.56 bits per heavy atom. The largest absolute Gasteiger partial charge is 0.396 e. The fourth-order valence-corrected chi connectivity index (χ4v) is 1.11. The highest BCUT2D eigenvalue weighted by molar-refractivity contribution is 5.26. The van der Waals surface area contributed by atoms with E-state index in [4.69, 9.17) is 21.1 Å². The first kappa shape index (κ1) is 12.6. The molecule has 1 rings (SSSR count). The molecule has 7 nitrogen and oxygen atoms in total. The molecule has 90 valence electrons. The van der Waals surface area contributed by atoms with Gasteiger partial charge in [0.2, 0.25) is 0 Å². The van der Waals surface area contributed by atoms with Gasteiger partial charge >= 0.3 is 5.69 Å². The Hall–Kier alpha value is -1.51. The topological polar surface area (TPSA) is 122 Å². The Morgan fingerprint density at radius 3 is 2.69 bits per heavy atom. The summed E-state index contributed by atoms with van der Waals surface area (Å²) in [4.78, 5) is 14.4. The Morgan fingerprint density at radius 2 is 2.19 bits per heavy atom. The lowest BCUT2D eigenvalue weighted by molar-refractivity contribution is -0.101. The molecule has 1 aromatic rings. The number of nitrogens with two attached hydrogens (primary N) is 1. The zero-order valence-corrected chi connectivity index (χ0v) is 8.25. The van der Waals surface area contributed by atoms with Gasteiger partial charge in [-0.3, -0.25) is 4.57 Å². The number of aliphatic hydroxyl groups is 3. The van der Waals surface area contributed by atoms with Crippen molar-refractivity contribution in [2.24, 2.45) is 5.92 Å². The van der Waals surface area contributed by atoms with E-state index < -0.39 is 36.1 Å². The van der Waals surface area contributed by atoms with Crippen LogP contribution < -0.4 is 11.4 Å². The number of aliphatic hydroxyl groups excluding tert-OH is 2. The second kappa shape index (κ2) is 5.01. The van der Waals surface area contributed by atoms with E-state index in [9.17, 15) is 9.18 Å². The Labute approximate surface area is 89.6 Å². The quantitative estimate of drug-likeness (QED) is 0.441. The van der Waals surface area contributed by atoms with Gasteiger partial charge in [0.25, 0.3) is 0 Å². The van der Waals surface area contributed by atoms with Crippen LogP contribution in [0.5, 0.6) is 0 Å². The van der Waals surface area contributed by atoms with Crippen LogP contribution in [0.1, 0.15) is 0 Å². The molecule has 8 heteroatoms. The van der Waals surface area contributed by atoms with E-state index in [2.05, 4.69) is 4.98 Å². The number of halogens is 1. The summed E-state index contributed by atoms with van der Waals surface area (Å²) in [5.41, 5.74) is 4.24. The van der Waals surface area contributed by atoms with Crippen LogP contribution >= 0.6 is 0 Å². The van der Waals surface area contributed by atoms with E-state index in [1.54, 1.807) is 0 Å². The zero-order chi connectivity index (χ0) is 12.3. The van der Waals surface area contributed by atoms with E-state index in [0.717, 1.165) is 10.8 Å². The molecule has 0 aliphatic carbocycles. The van der Waals surface area contributed by atoms with Gasteiger partial charge in [-0.15, -0.1) is 0 Å². The van der Waals surface area contributed by atoms with Crippen LogP contribution in [0.25, 0.3) is 0 Å². The maximum atomic E-state index is 13.0. The normalized spacial score (nSPS) is 13.1. The van der Waals surface area contributed by atoms with Gasteiger partial charge in [-0.2, -0.15) is 4.98 Å². The predicted molar refractivity (Wildman–Crippen MR) is 51.7 cm³/mol. The van der Waals surface area contributed by atoms with Crippen molar-refractivity contribution in [2.45, 2.75) is 12.8 Å². The molecule has 0 spiro atoms. The van der Waals surface area contributed by atoms with E-state index in [1.165, 1.54) is 0 Å². The summed E-state index contributed by atoms with van der Waals surface area (Å²) in [6, 6.07) is 0. The molecule has 0 aliphatic rings. The molecule has 0 aliphatic heterocycles. The summed E-state index contributed by atoms with van der Waals surface area (Å²) in [5.74, 6) is -2.41. The first-order valence-corrected chi connectivity index (χ1v) is 4.45. The molecule has 16 heavy (non-hydrogen) atoms. The SMILES string of the molecule is Nc1nc(=O)n(CC(CO)C(O)O)cc1F. The third kappa shape index (κ3) is 2.75. The van der Waals surface area contributed by atoms with E-state index in [1.807, 2.05) is 0 Å². The van der Waals surface area contributed by atoms with Crippen LogP contribution in [0.2, 0.25) is 0 Å². The molecule has 1 atom stereocenters. The lowest BCUT2D eigenvalue weighted by Crippen LogP contribution is -2.33. The van der Waals surface area contributed by atoms with Gasteiger partial charge in [0.05, 0.1) is 12.5 Å². The molecule has 0 aromatic carbocycles. The van der Waals surface area contributed by atoms with Gasteiger partial charge in [0, 0.05) is 12.7 Å². The number of hydrogen-bond acceptors (Lipinski definition) is 6. The molecular weight excluding hydrogens is 221 g/mol. The molecule has 0 amide bonds.